The summed E-state index contributed by atoms with van der Waals surface area (Å²) in [5, 5.41) is 0. The highest BCUT2D eigenvalue weighted by Gasteiger charge is 2.53. The third kappa shape index (κ3) is 12.4. The van der Waals surface area contributed by atoms with E-state index in [1.165, 1.54) is 6.92 Å². The maximum absolute atomic E-state index is 12.7. The molecule has 0 aromatic carbocycles. The minimum atomic E-state index is -5.34. The van der Waals surface area contributed by atoms with E-state index >= 15 is 0 Å². The Bertz CT molecular complexity index is 503. The van der Waals surface area contributed by atoms with E-state index in [1.807, 2.05) is 0 Å². The van der Waals surface area contributed by atoms with Crippen LogP contribution < -0.4 is 0 Å². The number of halogens is 9. The Balaban J connectivity index is 5.42. The predicted octanol–water partition coefficient (Wildman–Crippen LogP) is 3.87. The molecule has 0 aliphatic rings. The summed E-state index contributed by atoms with van der Waals surface area (Å²) < 4.78 is 123. The number of carbonyl (C=O) groups is 2. The lowest BCUT2D eigenvalue weighted by Gasteiger charge is -2.35. The van der Waals surface area contributed by atoms with Crippen molar-refractivity contribution >= 4 is 11.9 Å². The smallest absolute Gasteiger partial charge is 0.389 e. The van der Waals surface area contributed by atoms with Crippen LogP contribution in [0.25, 0.3) is 0 Å². The molecule has 0 radical (unpaired) electrons. The van der Waals surface area contributed by atoms with E-state index in [1.54, 1.807) is 0 Å². The first-order chi connectivity index (χ1) is 12.9. The molecule has 0 atom stereocenters. The second kappa shape index (κ2) is 10.3. The monoisotopic (exact) mass is 449 g/mol. The molecule has 0 saturated heterocycles. The number of esters is 1. The van der Waals surface area contributed by atoms with E-state index in [9.17, 15) is 49.1 Å². The second-order valence-corrected chi connectivity index (χ2v) is 6.35. The second-order valence-electron chi connectivity index (χ2n) is 6.35. The number of carbonyl (C=O) groups excluding carboxylic acids is 2. The third-order valence-corrected chi connectivity index (χ3v) is 3.64. The molecule has 172 valence electrons. The molecule has 0 unspecified atom stereocenters. The number of nitrogens with zero attached hydrogens (tertiary/aromatic N) is 1. The zero-order valence-corrected chi connectivity index (χ0v) is 15.4. The lowest BCUT2D eigenvalue weighted by atomic mass is 9.78. The Morgan fingerprint density at radius 1 is 0.828 bits per heavy atom. The summed E-state index contributed by atoms with van der Waals surface area (Å²) in [4.78, 5) is 23.9. The SMILES string of the molecule is CCN(CC(=O)OC)C(=O)COCC(CC(F)(F)F)(CC(F)(F)F)CC(F)(F)F. The third-order valence-electron chi connectivity index (χ3n) is 3.64. The number of likely N-dealkylation sites (N-methyl/N-ethyl adjacent to an activating group) is 1. The molecule has 1 amide bonds. The Morgan fingerprint density at radius 2 is 1.24 bits per heavy atom. The summed E-state index contributed by atoms with van der Waals surface area (Å²) in [6.07, 6.45) is -23.3. The van der Waals surface area contributed by atoms with Crippen molar-refractivity contribution in [3.05, 3.63) is 0 Å². The lowest BCUT2D eigenvalue weighted by molar-refractivity contribution is -0.235. The molecule has 0 rings (SSSR count). The van der Waals surface area contributed by atoms with Crippen molar-refractivity contribution in [2.45, 2.75) is 44.7 Å². The molecule has 5 nitrogen and oxygen atoms in total. The van der Waals surface area contributed by atoms with Gasteiger partial charge in [0.05, 0.1) is 33.0 Å². The van der Waals surface area contributed by atoms with E-state index < -0.39 is 74.8 Å². The molecule has 0 aromatic heterocycles. The van der Waals surface area contributed by atoms with Crippen molar-refractivity contribution < 1.29 is 58.6 Å². The molecule has 0 aliphatic heterocycles. The molecular formula is C15H20F9NO4. The van der Waals surface area contributed by atoms with Gasteiger partial charge in [-0.1, -0.05) is 0 Å². The van der Waals surface area contributed by atoms with Crippen LogP contribution in [0.4, 0.5) is 39.5 Å². The topological polar surface area (TPSA) is 55.8 Å². The van der Waals surface area contributed by atoms with Crippen molar-refractivity contribution in [3.63, 3.8) is 0 Å². The minimum Gasteiger partial charge on any atom is -0.468 e. The fourth-order valence-electron chi connectivity index (χ4n) is 2.66. The van der Waals surface area contributed by atoms with Crippen LogP contribution in [0.15, 0.2) is 0 Å². The Kier molecular flexibility index (Phi) is 9.73. The van der Waals surface area contributed by atoms with Crippen molar-refractivity contribution in [3.8, 4) is 0 Å². The fourth-order valence-corrected chi connectivity index (χ4v) is 2.66. The van der Waals surface area contributed by atoms with Crippen LogP contribution in [0.5, 0.6) is 0 Å². The van der Waals surface area contributed by atoms with Crippen LogP contribution in [-0.2, 0) is 19.1 Å². The molecule has 0 bridgehead atoms. The fraction of sp³-hybridized carbons (Fsp3) is 0.867. The van der Waals surface area contributed by atoms with Gasteiger partial charge in [0.2, 0.25) is 5.91 Å². The first kappa shape index (κ1) is 27.3. The molecule has 0 fully saturated rings. The lowest BCUT2D eigenvalue weighted by Crippen LogP contribution is -2.42. The summed E-state index contributed by atoms with van der Waals surface area (Å²) in [5.74, 6) is -1.88. The number of amides is 1. The predicted molar refractivity (Wildman–Crippen MR) is 79.5 cm³/mol. The van der Waals surface area contributed by atoms with Crippen molar-refractivity contribution in [2.75, 3.05) is 33.4 Å². The highest BCUT2D eigenvalue weighted by atomic mass is 19.4. The van der Waals surface area contributed by atoms with Gasteiger partial charge in [0.1, 0.15) is 13.2 Å². The van der Waals surface area contributed by atoms with Gasteiger partial charge in [-0.05, 0) is 6.92 Å². The van der Waals surface area contributed by atoms with E-state index in [-0.39, 0.29) is 6.54 Å². The molecule has 0 N–H and O–H groups in total. The van der Waals surface area contributed by atoms with Gasteiger partial charge >= 0.3 is 24.5 Å². The van der Waals surface area contributed by atoms with Crippen LogP contribution >= 0.6 is 0 Å². The Labute approximate surface area is 160 Å². The van der Waals surface area contributed by atoms with Gasteiger partial charge in [0, 0.05) is 12.0 Å². The van der Waals surface area contributed by atoms with Gasteiger partial charge in [-0.25, -0.2) is 0 Å². The van der Waals surface area contributed by atoms with Gasteiger partial charge in [0.25, 0.3) is 0 Å². The molecule has 14 heteroatoms. The first-order valence-corrected chi connectivity index (χ1v) is 8.04. The zero-order valence-electron chi connectivity index (χ0n) is 15.4. The molecule has 29 heavy (non-hydrogen) atoms. The number of ether oxygens (including phenoxy) is 2. The average Bonchev–Trinajstić information content (AvgIpc) is 2.46. The molecule has 0 aliphatic carbocycles. The van der Waals surface area contributed by atoms with Crippen molar-refractivity contribution in [1.29, 1.82) is 0 Å². The van der Waals surface area contributed by atoms with Gasteiger partial charge in [0.15, 0.2) is 0 Å². The standard InChI is InChI=1S/C15H20F9NO4/c1-3-25(4-11(27)28-2)10(26)5-29-9-12(6-13(16,17)18,7-14(19,20)21)8-15(22,23)24/h3-9H2,1-2H3. The number of hydrogen-bond acceptors (Lipinski definition) is 4. The molecule has 0 saturated carbocycles. The van der Waals surface area contributed by atoms with Crippen molar-refractivity contribution in [2.24, 2.45) is 5.41 Å². The summed E-state index contributed by atoms with van der Waals surface area (Å²) in [5.41, 5.74) is -3.39. The van der Waals surface area contributed by atoms with Crippen LogP contribution in [0, 0.1) is 5.41 Å². The first-order valence-electron chi connectivity index (χ1n) is 8.04. The maximum Gasteiger partial charge on any atom is 0.389 e. The normalized spacial score (nSPS) is 13.3. The van der Waals surface area contributed by atoms with Gasteiger partial charge in [-0.2, -0.15) is 39.5 Å². The number of rotatable bonds is 10. The quantitative estimate of drug-likeness (QED) is 0.376. The van der Waals surface area contributed by atoms with Gasteiger partial charge < -0.3 is 14.4 Å². The van der Waals surface area contributed by atoms with Crippen LogP contribution in [0.2, 0.25) is 0 Å². The number of methoxy groups -OCH3 is 1. The van der Waals surface area contributed by atoms with Crippen LogP contribution in [0.1, 0.15) is 26.2 Å². The molecule has 0 spiro atoms. The summed E-state index contributed by atoms with van der Waals surface area (Å²) in [7, 11) is 1.01. The van der Waals surface area contributed by atoms with Crippen LogP contribution in [-0.4, -0.2) is 68.7 Å². The molecular weight excluding hydrogens is 429 g/mol. The summed E-state index contributed by atoms with van der Waals surface area (Å²) in [6, 6.07) is 0. The Hall–Kier alpha value is -1.73. The zero-order chi connectivity index (χ0) is 23.1. The van der Waals surface area contributed by atoms with E-state index in [0.29, 0.717) is 0 Å². The minimum absolute atomic E-state index is 0.0872. The number of hydrogen-bond donors (Lipinski definition) is 0. The van der Waals surface area contributed by atoms with Crippen molar-refractivity contribution in [1.82, 2.24) is 4.90 Å². The molecule has 0 aromatic rings. The number of alkyl halides is 9. The average molecular weight is 449 g/mol. The largest absolute Gasteiger partial charge is 0.468 e. The van der Waals surface area contributed by atoms with E-state index in [2.05, 4.69) is 9.47 Å². The van der Waals surface area contributed by atoms with Crippen LogP contribution in [0.3, 0.4) is 0 Å². The highest BCUT2D eigenvalue weighted by Crippen LogP contribution is 2.48. The summed E-state index contributed by atoms with van der Waals surface area (Å²) in [6.45, 7) is -1.99. The maximum atomic E-state index is 12.7. The Morgan fingerprint density at radius 3 is 1.55 bits per heavy atom. The van der Waals surface area contributed by atoms with E-state index in [4.69, 9.17) is 0 Å². The van der Waals surface area contributed by atoms with E-state index in [0.717, 1.165) is 12.0 Å². The summed E-state index contributed by atoms with van der Waals surface area (Å²) >= 11 is 0. The highest BCUT2D eigenvalue weighted by molar-refractivity contribution is 5.82. The molecule has 0 heterocycles. The van der Waals surface area contributed by atoms with Gasteiger partial charge in [-0.15, -0.1) is 0 Å². The van der Waals surface area contributed by atoms with Gasteiger partial charge in [-0.3, -0.25) is 9.59 Å².